The number of rotatable bonds is 6. The number of aromatic nitrogens is 1. The molecule has 2 aromatic rings. The number of hydrogen-bond acceptors (Lipinski definition) is 5. The number of thiazole rings is 1. The number of amides is 2. The molecule has 0 saturated heterocycles. The Kier molecular flexibility index (Phi) is 5.91. The molecule has 0 aliphatic rings. The Morgan fingerprint density at radius 1 is 1.27 bits per heavy atom. The summed E-state index contributed by atoms with van der Waals surface area (Å²) in [5.74, 6) is -0.445. The number of halogens is 1. The van der Waals surface area contributed by atoms with Gasteiger partial charge < -0.3 is 10.6 Å². The summed E-state index contributed by atoms with van der Waals surface area (Å²) in [4.78, 5) is 27.3. The van der Waals surface area contributed by atoms with Crippen LogP contribution in [-0.4, -0.2) is 29.6 Å². The molecule has 5 nitrogen and oxygen atoms in total. The van der Waals surface area contributed by atoms with Crippen LogP contribution in [0.15, 0.2) is 34.0 Å². The van der Waals surface area contributed by atoms with Crippen LogP contribution in [0.1, 0.15) is 5.69 Å². The molecule has 0 aliphatic heterocycles. The topological polar surface area (TPSA) is 71.1 Å². The fourth-order valence-electron chi connectivity index (χ4n) is 1.55. The van der Waals surface area contributed by atoms with Crippen molar-refractivity contribution in [1.82, 2.24) is 10.3 Å². The summed E-state index contributed by atoms with van der Waals surface area (Å²) in [6.45, 7) is 0. The van der Waals surface area contributed by atoms with Gasteiger partial charge in [0.1, 0.15) is 5.82 Å². The van der Waals surface area contributed by atoms with Crippen molar-refractivity contribution >= 4 is 40.6 Å². The molecule has 0 spiro atoms. The van der Waals surface area contributed by atoms with E-state index in [0.717, 1.165) is 4.34 Å². The minimum absolute atomic E-state index is 0.101. The average molecular weight is 339 g/mol. The van der Waals surface area contributed by atoms with E-state index in [2.05, 4.69) is 15.6 Å². The van der Waals surface area contributed by atoms with Gasteiger partial charge in [0, 0.05) is 18.1 Å². The first kappa shape index (κ1) is 16.4. The van der Waals surface area contributed by atoms with Crippen LogP contribution in [0.3, 0.4) is 0 Å². The molecule has 0 unspecified atom stereocenters. The molecule has 0 saturated carbocycles. The highest BCUT2D eigenvalue weighted by Gasteiger charge is 2.09. The number of benzene rings is 1. The molecule has 0 bridgehead atoms. The average Bonchev–Trinajstić information content (AvgIpc) is 2.95. The number of anilines is 1. The lowest BCUT2D eigenvalue weighted by atomic mass is 10.3. The summed E-state index contributed by atoms with van der Waals surface area (Å²) >= 11 is 2.69. The van der Waals surface area contributed by atoms with Gasteiger partial charge in [-0.25, -0.2) is 9.37 Å². The number of nitrogens with zero attached hydrogens (tertiary/aromatic N) is 1. The number of hydrogen-bond donors (Lipinski definition) is 2. The zero-order chi connectivity index (χ0) is 15.9. The van der Waals surface area contributed by atoms with Crippen LogP contribution >= 0.6 is 23.1 Å². The van der Waals surface area contributed by atoms with Crippen molar-refractivity contribution in [2.75, 3.05) is 18.1 Å². The lowest BCUT2D eigenvalue weighted by molar-refractivity contribution is -0.120. The summed E-state index contributed by atoms with van der Waals surface area (Å²) in [7, 11) is 1.57. The second kappa shape index (κ2) is 7.90. The fourth-order valence-corrected chi connectivity index (χ4v) is 3.19. The van der Waals surface area contributed by atoms with Crippen LogP contribution in [0.5, 0.6) is 0 Å². The summed E-state index contributed by atoms with van der Waals surface area (Å²) in [5, 5.41) is 7.01. The van der Waals surface area contributed by atoms with Crippen LogP contribution in [0.25, 0.3) is 0 Å². The maximum absolute atomic E-state index is 12.8. The third-order valence-electron chi connectivity index (χ3n) is 2.61. The van der Waals surface area contributed by atoms with Gasteiger partial charge in [-0.05, 0) is 24.3 Å². The largest absolute Gasteiger partial charge is 0.359 e. The molecular weight excluding hydrogens is 325 g/mol. The molecule has 8 heteroatoms. The van der Waals surface area contributed by atoms with Gasteiger partial charge >= 0.3 is 0 Å². The van der Waals surface area contributed by atoms with Crippen molar-refractivity contribution in [3.63, 3.8) is 0 Å². The second-order valence-corrected chi connectivity index (χ2v) is 6.38. The Labute approximate surface area is 135 Å². The fraction of sp³-hybridized carbons (Fsp3) is 0.214. The maximum Gasteiger partial charge on any atom is 0.234 e. The smallest absolute Gasteiger partial charge is 0.234 e. The molecule has 2 amide bonds. The number of carbonyl (C=O) groups excluding carboxylic acids is 2. The van der Waals surface area contributed by atoms with Crippen molar-refractivity contribution in [1.29, 1.82) is 0 Å². The molecule has 1 aromatic carbocycles. The van der Waals surface area contributed by atoms with E-state index in [4.69, 9.17) is 0 Å². The molecule has 2 rings (SSSR count). The highest BCUT2D eigenvalue weighted by Crippen LogP contribution is 2.23. The van der Waals surface area contributed by atoms with Gasteiger partial charge in [-0.15, -0.1) is 11.3 Å². The summed E-state index contributed by atoms with van der Waals surface area (Å²) in [6, 6.07) is 5.58. The first-order valence-electron chi connectivity index (χ1n) is 6.40. The zero-order valence-electron chi connectivity index (χ0n) is 11.8. The van der Waals surface area contributed by atoms with E-state index in [1.54, 1.807) is 12.4 Å². The summed E-state index contributed by atoms with van der Waals surface area (Å²) in [5.41, 5.74) is 1.23. The molecule has 0 atom stereocenters. The summed E-state index contributed by atoms with van der Waals surface area (Å²) < 4.78 is 13.5. The normalized spacial score (nSPS) is 10.3. The standard InChI is InChI=1S/C14H14FN3O2S2/c1-16-12(19)6-11-7-21-14(18-11)22-8-13(20)17-10-4-2-9(15)3-5-10/h2-5,7H,6,8H2,1H3,(H,16,19)(H,17,20). The maximum atomic E-state index is 12.8. The highest BCUT2D eigenvalue weighted by atomic mass is 32.2. The predicted octanol–water partition coefficient (Wildman–Crippen LogP) is 2.30. The van der Waals surface area contributed by atoms with E-state index in [-0.39, 0.29) is 29.8 Å². The SMILES string of the molecule is CNC(=O)Cc1csc(SCC(=O)Nc2ccc(F)cc2)n1. The molecular formula is C14H14FN3O2S2. The Hall–Kier alpha value is -1.93. The highest BCUT2D eigenvalue weighted by molar-refractivity contribution is 8.01. The third-order valence-corrected chi connectivity index (χ3v) is 4.68. The van der Waals surface area contributed by atoms with Gasteiger partial charge in [-0.3, -0.25) is 9.59 Å². The number of likely N-dealkylation sites (N-methyl/N-ethyl adjacent to an activating group) is 1. The lowest BCUT2D eigenvalue weighted by Crippen LogP contribution is -2.20. The van der Waals surface area contributed by atoms with E-state index < -0.39 is 0 Å². The van der Waals surface area contributed by atoms with E-state index in [1.807, 2.05) is 0 Å². The van der Waals surface area contributed by atoms with Gasteiger partial charge in [0.2, 0.25) is 11.8 Å². The Morgan fingerprint density at radius 2 is 2.00 bits per heavy atom. The molecule has 0 aliphatic carbocycles. The zero-order valence-corrected chi connectivity index (χ0v) is 13.4. The van der Waals surface area contributed by atoms with Crippen LogP contribution < -0.4 is 10.6 Å². The molecule has 2 N–H and O–H groups in total. The van der Waals surface area contributed by atoms with Crippen LogP contribution in [0.4, 0.5) is 10.1 Å². The van der Waals surface area contributed by atoms with Crippen molar-refractivity contribution in [3.8, 4) is 0 Å². The lowest BCUT2D eigenvalue weighted by Gasteiger charge is -2.03. The second-order valence-electron chi connectivity index (χ2n) is 4.30. The van der Waals surface area contributed by atoms with Crippen molar-refractivity contribution in [3.05, 3.63) is 41.2 Å². The van der Waals surface area contributed by atoms with Crippen LogP contribution in [-0.2, 0) is 16.0 Å². The van der Waals surface area contributed by atoms with Crippen molar-refractivity contribution in [2.45, 2.75) is 10.8 Å². The minimum Gasteiger partial charge on any atom is -0.359 e. The third kappa shape index (κ3) is 5.12. The predicted molar refractivity (Wildman–Crippen MR) is 85.6 cm³/mol. The molecule has 0 radical (unpaired) electrons. The Bertz CT molecular complexity index is 658. The number of nitrogens with one attached hydrogen (secondary N) is 2. The number of carbonyl (C=O) groups is 2. The van der Waals surface area contributed by atoms with Gasteiger partial charge in [0.25, 0.3) is 0 Å². The molecule has 0 fully saturated rings. The number of thioether (sulfide) groups is 1. The van der Waals surface area contributed by atoms with Gasteiger partial charge in [-0.2, -0.15) is 0 Å². The van der Waals surface area contributed by atoms with Crippen LogP contribution in [0.2, 0.25) is 0 Å². The van der Waals surface area contributed by atoms with E-state index in [9.17, 15) is 14.0 Å². The van der Waals surface area contributed by atoms with E-state index in [1.165, 1.54) is 47.4 Å². The Balaban J connectivity index is 1.81. The van der Waals surface area contributed by atoms with Crippen molar-refractivity contribution < 1.29 is 14.0 Å². The monoisotopic (exact) mass is 339 g/mol. The molecule has 1 heterocycles. The van der Waals surface area contributed by atoms with E-state index in [0.29, 0.717) is 11.4 Å². The molecule has 116 valence electrons. The first-order valence-corrected chi connectivity index (χ1v) is 8.26. The Morgan fingerprint density at radius 3 is 2.68 bits per heavy atom. The quantitative estimate of drug-likeness (QED) is 0.792. The van der Waals surface area contributed by atoms with E-state index >= 15 is 0 Å². The van der Waals surface area contributed by atoms with Gasteiger partial charge in [0.05, 0.1) is 17.9 Å². The molecule has 22 heavy (non-hydrogen) atoms. The van der Waals surface area contributed by atoms with Gasteiger partial charge in [-0.1, -0.05) is 11.8 Å². The first-order chi connectivity index (χ1) is 10.6. The van der Waals surface area contributed by atoms with Crippen molar-refractivity contribution in [2.24, 2.45) is 0 Å². The van der Waals surface area contributed by atoms with Gasteiger partial charge in [0.15, 0.2) is 4.34 Å². The molecule has 1 aromatic heterocycles. The minimum atomic E-state index is -0.348. The van der Waals surface area contributed by atoms with Crippen LogP contribution in [0, 0.1) is 5.82 Å². The summed E-state index contributed by atoms with van der Waals surface area (Å²) in [6.07, 6.45) is 0.231.